The molecule has 2 heteroatoms. The Morgan fingerprint density at radius 3 is 2.58 bits per heavy atom. The van der Waals surface area contributed by atoms with Gasteiger partial charge < -0.3 is 12.7 Å². The zero-order chi connectivity index (χ0) is 8.10. The first-order valence-corrected chi connectivity index (χ1v) is 3.65. The fourth-order valence-electron chi connectivity index (χ4n) is 0.873. The molecule has 0 amide bonds. The second kappa shape index (κ2) is 6.39. The molecule has 1 nitrogen and oxygen atoms in total. The summed E-state index contributed by atoms with van der Waals surface area (Å²) in [6, 6.07) is 7.78. The van der Waals surface area contributed by atoms with Gasteiger partial charge in [0, 0.05) is 38.4 Å². The minimum Gasteiger partial charge on any atom is -0.398 e. The van der Waals surface area contributed by atoms with Crippen molar-refractivity contribution in [2.24, 2.45) is 0 Å². The molecular weight excluding hydrogens is 223 g/mol. The fourth-order valence-corrected chi connectivity index (χ4v) is 0.873. The molecule has 1 radical (unpaired) electrons. The molecule has 0 aliphatic carbocycles. The SMILES string of the molecule is [CH2-]C/C=C\c1ccccc1N.[Y]. The third kappa shape index (κ3) is 3.51. The molecule has 0 bridgehead atoms. The van der Waals surface area contributed by atoms with Crippen molar-refractivity contribution >= 4 is 11.8 Å². The van der Waals surface area contributed by atoms with Gasteiger partial charge in [-0.2, -0.15) is 6.42 Å². The molecule has 61 valence electrons. The fraction of sp³-hybridized carbons (Fsp3) is 0.100. The largest absolute Gasteiger partial charge is 0.398 e. The number of nitrogen functional groups attached to an aromatic ring is 1. The van der Waals surface area contributed by atoms with E-state index in [9.17, 15) is 0 Å². The van der Waals surface area contributed by atoms with E-state index in [2.05, 4.69) is 6.92 Å². The Kier molecular flexibility index (Phi) is 6.32. The molecule has 0 unspecified atom stereocenters. The summed E-state index contributed by atoms with van der Waals surface area (Å²) in [4.78, 5) is 0. The molecule has 1 rings (SSSR count). The zero-order valence-corrected chi connectivity index (χ0v) is 9.87. The van der Waals surface area contributed by atoms with Gasteiger partial charge in [0.2, 0.25) is 0 Å². The molecule has 0 saturated heterocycles. The molecular formula is C10H12NY-. The summed E-state index contributed by atoms with van der Waals surface area (Å²) >= 11 is 0. The Morgan fingerprint density at radius 2 is 2.00 bits per heavy atom. The monoisotopic (exact) mass is 235 g/mol. The number of benzene rings is 1. The Balaban J connectivity index is 0.00000121. The molecule has 1 aromatic rings. The average molecular weight is 235 g/mol. The van der Waals surface area contributed by atoms with E-state index in [1.54, 1.807) is 0 Å². The Hall–Kier alpha value is -0.136. The molecule has 12 heavy (non-hydrogen) atoms. The maximum atomic E-state index is 5.69. The van der Waals surface area contributed by atoms with E-state index in [-0.39, 0.29) is 32.7 Å². The van der Waals surface area contributed by atoms with E-state index in [0.29, 0.717) is 0 Å². The average Bonchev–Trinajstić information content (AvgIpc) is 2.03. The minimum atomic E-state index is 0. The smallest absolute Gasteiger partial charge is 0.0387 e. The van der Waals surface area contributed by atoms with Crippen molar-refractivity contribution < 1.29 is 32.7 Å². The first-order chi connectivity index (χ1) is 5.34. The van der Waals surface area contributed by atoms with Gasteiger partial charge in [0.05, 0.1) is 0 Å². The van der Waals surface area contributed by atoms with Gasteiger partial charge in [-0.15, -0.1) is 6.08 Å². The predicted molar refractivity (Wildman–Crippen MR) is 49.9 cm³/mol. The summed E-state index contributed by atoms with van der Waals surface area (Å²) in [5, 5.41) is 0. The third-order valence-electron chi connectivity index (χ3n) is 1.46. The summed E-state index contributed by atoms with van der Waals surface area (Å²) in [7, 11) is 0. The van der Waals surface area contributed by atoms with Crippen LogP contribution in [-0.2, 0) is 32.7 Å². The summed E-state index contributed by atoms with van der Waals surface area (Å²) < 4.78 is 0. The maximum Gasteiger partial charge on any atom is 0.0387 e. The van der Waals surface area contributed by atoms with E-state index in [0.717, 1.165) is 17.7 Å². The quantitative estimate of drug-likeness (QED) is 0.618. The first-order valence-electron chi connectivity index (χ1n) is 3.65. The molecule has 0 fully saturated rings. The number of allylic oxidation sites excluding steroid dienone is 1. The molecule has 0 saturated carbocycles. The van der Waals surface area contributed by atoms with E-state index in [4.69, 9.17) is 5.73 Å². The van der Waals surface area contributed by atoms with Crippen LogP contribution in [0.15, 0.2) is 30.3 Å². The second-order valence-electron chi connectivity index (χ2n) is 2.32. The van der Waals surface area contributed by atoms with Gasteiger partial charge in [-0.3, -0.25) is 0 Å². The van der Waals surface area contributed by atoms with Crippen LogP contribution in [0.5, 0.6) is 0 Å². The number of nitrogens with two attached hydrogens (primary N) is 1. The van der Waals surface area contributed by atoms with E-state index >= 15 is 0 Å². The van der Waals surface area contributed by atoms with Crippen LogP contribution in [0.25, 0.3) is 6.08 Å². The zero-order valence-electron chi connectivity index (χ0n) is 7.03. The molecule has 0 heterocycles. The van der Waals surface area contributed by atoms with Crippen molar-refractivity contribution in [1.29, 1.82) is 0 Å². The summed E-state index contributed by atoms with van der Waals surface area (Å²) in [6.45, 7) is 3.70. The van der Waals surface area contributed by atoms with E-state index in [1.807, 2.05) is 36.4 Å². The van der Waals surface area contributed by atoms with Crippen LogP contribution >= 0.6 is 0 Å². The number of hydrogen-bond donors (Lipinski definition) is 1. The van der Waals surface area contributed by atoms with Crippen molar-refractivity contribution in [3.63, 3.8) is 0 Å². The van der Waals surface area contributed by atoms with Crippen LogP contribution in [0.3, 0.4) is 0 Å². The topological polar surface area (TPSA) is 26.0 Å². The number of para-hydroxylation sites is 1. The number of rotatable bonds is 2. The van der Waals surface area contributed by atoms with Gasteiger partial charge in [0.25, 0.3) is 0 Å². The molecule has 0 atom stereocenters. The number of anilines is 1. The van der Waals surface area contributed by atoms with Crippen molar-refractivity contribution in [1.82, 2.24) is 0 Å². The summed E-state index contributed by atoms with van der Waals surface area (Å²) in [5.41, 5.74) is 7.57. The van der Waals surface area contributed by atoms with Crippen molar-refractivity contribution in [2.45, 2.75) is 6.42 Å². The Bertz CT molecular complexity index is 256. The summed E-state index contributed by atoms with van der Waals surface area (Å²) in [6.07, 6.45) is 4.78. The van der Waals surface area contributed by atoms with Crippen molar-refractivity contribution in [2.75, 3.05) is 5.73 Å². The van der Waals surface area contributed by atoms with E-state index < -0.39 is 0 Å². The van der Waals surface area contributed by atoms with Crippen LogP contribution in [0.4, 0.5) is 5.69 Å². The van der Waals surface area contributed by atoms with Gasteiger partial charge >= 0.3 is 0 Å². The van der Waals surface area contributed by atoms with Crippen LogP contribution in [0, 0.1) is 6.92 Å². The molecule has 1 aromatic carbocycles. The minimum absolute atomic E-state index is 0. The maximum absolute atomic E-state index is 5.69. The number of hydrogen-bond acceptors (Lipinski definition) is 1. The van der Waals surface area contributed by atoms with Gasteiger partial charge in [0.1, 0.15) is 0 Å². The molecule has 0 aliphatic rings. The summed E-state index contributed by atoms with van der Waals surface area (Å²) in [5.74, 6) is 0. The van der Waals surface area contributed by atoms with Crippen LogP contribution in [0.2, 0.25) is 0 Å². The first kappa shape index (κ1) is 11.9. The van der Waals surface area contributed by atoms with Crippen molar-refractivity contribution in [3.8, 4) is 0 Å². The van der Waals surface area contributed by atoms with E-state index in [1.165, 1.54) is 0 Å². The van der Waals surface area contributed by atoms with Crippen LogP contribution in [0.1, 0.15) is 12.0 Å². The molecule has 0 aromatic heterocycles. The van der Waals surface area contributed by atoms with Gasteiger partial charge in [-0.1, -0.05) is 24.3 Å². The third-order valence-corrected chi connectivity index (χ3v) is 1.46. The van der Waals surface area contributed by atoms with Gasteiger partial charge in [-0.25, -0.2) is 0 Å². The molecule has 0 aliphatic heterocycles. The van der Waals surface area contributed by atoms with Gasteiger partial charge in [0.15, 0.2) is 0 Å². The predicted octanol–water partition coefficient (Wildman–Crippen LogP) is 2.50. The normalized spacial score (nSPS) is 9.75. The molecule has 0 spiro atoms. The van der Waals surface area contributed by atoms with Crippen molar-refractivity contribution in [3.05, 3.63) is 42.8 Å². The Labute approximate surface area is 98.9 Å². The second-order valence-corrected chi connectivity index (χ2v) is 2.32. The Morgan fingerprint density at radius 1 is 1.33 bits per heavy atom. The molecule has 2 N–H and O–H groups in total. The van der Waals surface area contributed by atoms with Crippen LogP contribution < -0.4 is 5.73 Å². The standard InChI is InChI=1S/C10H12N.Y/c1-2-3-6-9-7-4-5-8-10(9)11;/h3-8H,1-2,11H2;/q-1;/b6-3-;. The van der Waals surface area contributed by atoms with Gasteiger partial charge in [-0.05, 0) is 11.6 Å². The van der Waals surface area contributed by atoms with Crippen LogP contribution in [-0.4, -0.2) is 0 Å².